The lowest BCUT2D eigenvalue weighted by Crippen LogP contribution is -2.20. The van der Waals surface area contributed by atoms with Gasteiger partial charge in [0.2, 0.25) is 0 Å². The van der Waals surface area contributed by atoms with Gasteiger partial charge in [0.1, 0.15) is 10.7 Å². The van der Waals surface area contributed by atoms with Gasteiger partial charge in [-0.1, -0.05) is 0 Å². The molecule has 124 valence electrons. The summed E-state index contributed by atoms with van der Waals surface area (Å²) >= 11 is 1.17. The molecule has 2 aromatic carbocycles. The number of halogens is 1. The van der Waals surface area contributed by atoms with Crippen molar-refractivity contribution >= 4 is 39.0 Å². The largest absolute Gasteiger partial charge is 0.451 e. The number of anilines is 1. The van der Waals surface area contributed by atoms with Gasteiger partial charge in [-0.3, -0.25) is 4.79 Å². The Kier molecular flexibility index (Phi) is 4.73. The molecular weight excluding hydrogens is 343 g/mol. The molecule has 3 rings (SSSR count). The third-order valence-electron chi connectivity index (χ3n) is 3.31. The van der Waals surface area contributed by atoms with Crippen LogP contribution in [0.5, 0.6) is 0 Å². The highest BCUT2D eigenvalue weighted by Crippen LogP contribution is 2.26. The lowest BCUT2D eigenvalue weighted by molar-refractivity contribution is -0.119. The zero-order valence-corrected chi connectivity index (χ0v) is 13.6. The normalized spacial score (nSPS) is 10.2. The van der Waals surface area contributed by atoms with Crippen molar-refractivity contribution in [1.29, 1.82) is 5.26 Å². The van der Waals surface area contributed by atoms with Gasteiger partial charge in [0.05, 0.1) is 11.6 Å². The van der Waals surface area contributed by atoms with E-state index in [-0.39, 0.29) is 5.82 Å². The van der Waals surface area contributed by atoms with E-state index in [2.05, 4.69) is 5.32 Å². The standard InChI is InChI=1S/C18H11FN2O3S/c19-13-3-6-15-12(7-13)8-16(25-15)18(23)24-10-17(22)21-14-4-1-11(9-20)2-5-14/h1-8H,10H2,(H,21,22). The molecule has 1 N–H and O–H groups in total. The molecule has 0 aliphatic carbocycles. The zero-order chi connectivity index (χ0) is 17.8. The van der Waals surface area contributed by atoms with E-state index in [0.29, 0.717) is 21.5 Å². The summed E-state index contributed by atoms with van der Waals surface area (Å²) in [5, 5.41) is 11.9. The number of ether oxygens (including phenoxy) is 1. The predicted octanol–water partition coefficient (Wildman–Crippen LogP) is 3.71. The SMILES string of the molecule is N#Cc1ccc(NC(=O)COC(=O)c2cc3cc(F)ccc3s2)cc1. The van der Waals surface area contributed by atoms with Gasteiger partial charge >= 0.3 is 5.97 Å². The van der Waals surface area contributed by atoms with Crippen molar-refractivity contribution in [3.05, 3.63) is 64.8 Å². The highest BCUT2D eigenvalue weighted by atomic mass is 32.1. The van der Waals surface area contributed by atoms with E-state index in [0.717, 1.165) is 4.70 Å². The molecule has 0 bridgehead atoms. The second-order valence-electron chi connectivity index (χ2n) is 5.11. The van der Waals surface area contributed by atoms with E-state index in [1.54, 1.807) is 30.3 Å². The molecule has 0 aliphatic heterocycles. The first-order chi connectivity index (χ1) is 12.0. The lowest BCUT2D eigenvalue weighted by atomic mass is 10.2. The number of fused-ring (bicyclic) bond motifs is 1. The fourth-order valence-corrected chi connectivity index (χ4v) is 3.08. The van der Waals surface area contributed by atoms with Crippen molar-refractivity contribution in [2.75, 3.05) is 11.9 Å². The van der Waals surface area contributed by atoms with Crippen LogP contribution in [-0.2, 0) is 9.53 Å². The van der Waals surface area contributed by atoms with Gasteiger partial charge in [0.25, 0.3) is 5.91 Å². The topological polar surface area (TPSA) is 79.2 Å². The number of esters is 1. The minimum atomic E-state index is -0.642. The van der Waals surface area contributed by atoms with E-state index in [9.17, 15) is 14.0 Å². The van der Waals surface area contributed by atoms with Crippen molar-refractivity contribution in [3.63, 3.8) is 0 Å². The fraction of sp³-hybridized carbons (Fsp3) is 0.0556. The van der Waals surface area contributed by atoms with Crippen molar-refractivity contribution in [2.24, 2.45) is 0 Å². The molecule has 0 radical (unpaired) electrons. The number of amides is 1. The molecule has 25 heavy (non-hydrogen) atoms. The average Bonchev–Trinajstić information content (AvgIpc) is 3.03. The quantitative estimate of drug-likeness (QED) is 0.725. The Morgan fingerprint density at radius 1 is 1.16 bits per heavy atom. The molecule has 0 saturated heterocycles. The van der Waals surface area contributed by atoms with Crippen molar-refractivity contribution in [3.8, 4) is 6.07 Å². The molecular formula is C18H11FN2O3S. The summed E-state index contributed by atoms with van der Waals surface area (Å²) in [5.74, 6) is -1.52. The molecule has 0 aliphatic rings. The molecule has 0 spiro atoms. The van der Waals surface area contributed by atoms with E-state index in [1.807, 2.05) is 6.07 Å². The Balaban J connectivity index is 1.58. The average molecular weight is 354 g/mol. The van der Waals surface area contributed by atoms with Crippen molar-refractivity contribution in [1.82, 2.24) is 0 Å². The maximum absolute atomic E-state index is 13.2. The number of hydrogen-bond donors (Lipinski definition) is 1. The molecule has 0 fully saturated rings. The monoisotopic (exact) mass is 354 g/mol. The summed E-state index contributed by atoms with van der Waals surface area (Å²) in [5.41, 5.74) is 0.975. The van der Waals surface area contributed by atoms with Crippen LogP contribution in [0.15, 0.2) is 48.5 Å². The smallest absolute Gasteiger partial charge is 0.348 e. The third-order valence-corrected chi connectivity index (χ3v) is 4.41. The van der Waals surface area contributed by atoms with E-state index in [1.165, 1.54) is 29.5 Å². The summed E-state index contributed by atoms with van der Waals surface area (Å²) in [7, 11) is 0. The van der Waals surface area contributed by atoms with Crippen LogP contribution in [0.2, 0.25) is 0 Å². The number of rotatable bonds is 4. The second kappa shape index (κ2) is 7.11. The van der Waals surface area contributed by atoms with Gasteiger partial charge in [0, 0.05) is 10.4 Å². The first-order valence-corrected chi connectivity index (χ1v) is 8.03. The highest BCUT2D eigenvalue weighted by molar-refractivity contribution is 7.20. The van der Waals surface area contributed by atoms with Crippen LogP contribution in [0, 0.1) is 17.1 Å². The van der Waals surface area contributed by atoms with E-state index < -0.39 is 18.5 Å². The van der Waals surface area contributed by atoms with Gasteiger partial charge in [-0.15, -0.1) is 11.3 Å². The number of hydrogen-bond acceptors (Lipinski definition) is 5. The van der Waals surface area contributed by atoms with Gasteiger partial charge in [0.15, 0.2) is 6.61 Å². The number of nitrogens with zero attached hydrogens (tertiary/aromatic N) is 1. The Morgan fingerprint density at radius 3 is 2.64 bits per heavy atom. The minimum absolute atomic E-state index is 0.298. The Labute approximate surface area is 146 Å². The molecule has 1 amide bonds. The molecule has 5 nitrogen and oxygen atoms in total. The molecule has 1 aromatic heterocycles. The lowest BCUT2D eigenvalue weighted by Gasteiger charge is -2.05. The first kappa shape index (κ1) is 16.6. The summed E-state index contributed by atoms with van der Waals surface area (Å²) in [6, 6.07) is 14.0. The Bertz CT molecular complexity index is 990. The summed E-state index contributed by atoms with van der Waals surface area (Å²) in [6.45, 7) is -0.443. The summed E-state index contributed by atoms with van der Waals surface area (Å²) in [6.07, 6.45) is 0. The second-order valence-corrected chi connectivity index (χ2v) is 6.19. The van der Waals surface area contributed by atoms with E-state index in [4.69, 9.17) is 10.00 Å². The summed E-state index contributed by atoms with van der Waals surface area (Å²) in [4.78, 5) is 24.1. The van der Waals surface area contributed by atoms with Crippen LogP contribution < -0.4 is 5.32 Å². The number of thiophene rings is 1. The highest BCUT2D eigenvalue weighted by Gasteiger charge is 2.14. The zero-order valence-electron chi connectivity index (χ0n) is 12.8. The summed E-state index contributed by atoms with van der Waals surface area (Å²) < 4.78 is 18.9. The molecule has 0 unspecified atom stereocenters. The molecule has 3 aromatic rings. The van der Waals surface area contributed by atoms with E-state index >= 15 is 0 Å². The van der Waals surface area contributed by atoms with Gasteiger partial charge in [-0.05, 0) is 53.9 Å². The maximum Gasteiger partial charge on any atom is 0.348 e. The van der Waals surface area contributed by atoms with Crippen LogP contribution in [0.25, 0.3) is 10.1 Å². The fourth-order valence-electron chi connectivity index (χ4n) is 2.14. The Hall–Kier alpha value is -3.24. The van der Waals surface area contributed by atoms with Gasteiger partial charge in [-0.25, -0.2) is 9.18 Å². The van der Waals surface area contributed by atoms with Crippen LogP contribution >= 0.6 is 11.3 Å². The Morgan fingerprint density at radius 2 is 1.92 bits per heavy atom. The third kappa shape index (κ3) is 4.00. The first-order valence-electron chi connectivity index (χ1n) is 7.21. The van der Waals surface area contributed by atoms with Gasteiger partial charge in [-0.2, -0.15) is 5.26 Å². The molecule has 0 saturated carbocycles. The number of benzene rings is 2. The van der Waals surface area contributed by atoms with Crippen LogP contribution in [0.3, 0.4) is 0 Å². The minimum Gasteiger partial charge on any atom is -0.451 e. The maximum atomic E-state index is 13.2. The number of nitrogens with one attached hydrogen (secondary N) is 1. The predicted molar refractivity (Wildman–Crippen MR) is 91.9 cm³/mol. The van der Waals surface area contributed by atoms with Crippen LogP contribution in [-0.4, -0.2) is 18.5 Å². The molecule has 7 heteroatoms. The molecule has 0 atom stereocenters. The van der Waals surface area contributed by atoms with Crippen LogP contribution in [0.1, 0.15) is 15.2 Å². The number of nitriles is 1. The number of carbonyl (C=O) groups is 2. The molecule has 1 heterocycles. The van der Waals surface area contributed by atoms with Gasteiger partial charge < -0.3 is 10.1 Å². The number of carbonyl (C=O) groups excluding carboxylic acids is 2. The van der Waals surface area contributed by atoms with Crippen LogP contribution in [0.4, 0.5) is 10.1 Å². The van der Waals surface area contributed by atoms with Crippen molar-refractivity contribution in [2.45, 2.75) is 0 Å². The van der Waals surface area contributed by atoms with Crippen molar-refractivity contribution < 1.29 is 18.7 Å².